The number of halogens is 2. The Morgan fingerprint density at radius 3 is 1.07 bits per heavy atom. The zero-order valence-corrected chi connectivity index (χ0v) is 86.2. The molecule has 0 bridgehead atoms. The number of nitrogens with two attached hydrogens (primary N) is 1. The van der Waals surface area contributed by atoms with Crippen LogP contribution in [0.2, 0.25) is 0 Å². The second-order valence-corrected chi connectivity index (χ2v) is 63.7. The molecule has 9 aromatic rings. The van der Waals surface area contributed by atoms with Crippen LogP contribution in [0.15, 0.2) is 151 Å². The summed E-state index contributed by atoms with van der Waals surface area (Å²) in [6, 6.07) is 21.3. The summed E-state index contributed by atoms with van der Waals surface area (Å²) in [6.07, 6.45) is 13.7. The van der Waals surface area contributed by atoms with Gasteiger partial charge in [0.15, 0.2) is 5.70 Å². The third-order valence-electron chi connectivity index (χ3n) is 24.1. The van der Waals surface area contributed by atoms with Crippen LogP contribution in [0.25, 0.3) is 49.7 Å². The third kappa shape index (κ3) is 29.6. The molecule has 11 rings (SSSR count). The van der Waals surface area contributed by atoms with Crippen LogP contribution in [-0.2, 0) is 80.0 Å². The minimum Gasteiger partial charge on any atom is -0.394 e. The molecule has 2 aliphatic rings. The smallest absolute Gasteiger partial charge is 0.394 e. The van der Waals surface area contributed by atoms with E-state index in [1.165, 1.54) is 47.0 Å². The van der Waals surface area contributed by atoms with Crippen molar-refractivity contribution in [2.24, 2.45) is 11.7 Å². The van der Waals surface area contributed by atoms with Gasteiger partial charge in [0.25, 0.3) is 0 Å². The fourth-order valence-electron chi connectivity index (χ4n) is 16.1. The first kappa shape index (κ1) is 105. The Bertz CT molecular complexity index is 5770. The summed E-state index contributed by atoms with van der Waals surface area (Å²) in [5.41, 5.74) is 13.9. The number of hydrogen-bond donors (Lipinski definition) is 14. The van der Waals surface area contributed by atoms with E-state index in [1.54, 1.807) is 69.8 Å². The number of amides is 10. The zero-order valence-electron chi connectivity index (χ0n) is 79.4. The highest BCUT2D eigenvalue weighted by Crippen LogP contribution is 2.49. The maximum Gasteiger partial charge on any atom is 0.737 e. The number of aryl methyl sites for hydroxylation is 1. The summed E-state index contributed by atoms with van der Waals surface area (Å²) in [5.74, 6) is -4.85. The summed E-state index contributed by atoms with van der Waals surface area (Å²) >= 11 is 5.86. The SMILES string of the molecule is CC[C@H](C)[C@H](NC(=O)[C@H](Cc1c[nH]c2ccccc12)NC(=O)[C@H](CSCC[P+](C)(C)C)NC(=O)[C@H](Cc1c[nH]c2ccccc12)NC(=O)[C@H](Cc1c[nH]c2ccccc12)NC(=O)[C@H](CSCC[P+](C)(C)C)NC(=O)[C@H](CSCC[P+](C)(C)C)NC(=O)CCc1ccc2n1[B-](F)(F)[N+]1=C(C)C=C(C)C1=C2)C(=O)N[C@@H](CSCC[P+](C)(C)C)C(=O)N[C@@H](Cc1c[nH]c2ccccc12)C(N)=O. The van der Waals surface area contributed by atoms with Gasteiger partial charge in [0, 0.05) is 286 Å². The van der Waals surface area contributed by atoms with E-state index in [2.05, 4.69) is 148 Å². The van der Waals surface area contributed by atoms with Crippen molar-refractivity contribution in [3.63, 3.8) is 0 Å². The van der Waals surface area contributed by atoms with Gasteiger partial charge in [-0.25, -0.2) is 0 Å². The highest BCUT2D eigenvalue weighted by molar-refractivity contribution is 8.00. The highest BCUT2D eigenvalue weighted by Gasteiger charge is 2.53. The molecule has 716 valence electrons. The Morgan fingerprint density at radius 1 is 0.414 bits per heavy atom. The molecule has 133 heavy (non-hydrogen) atoms. The zero-order chi connectivity index (χ0) is 96.4. The van der Waals surface area contributed by atoms with Crippen molar-refractivity contribution in [2.75, 3.05) is 151 Å². The van der Waals surface area contributed by atoms with Gasteiger partial charge in [0.1, 0.15) is 60.1 Å². The molecule has 7 heterocycles. The topological polar surface area (TPSA) is 376 Å². The van der Waals surface area contributed by atoms with Crippen molar-refractivity contribution < 1.29 is 61.1 Å². The third-order valence-corrected chi connectivity index (χ3v) is 35.8. The lowest BCUT2D eigenvalue weighted by molar-refractivity contribution is -0.362. The minimum atomic E-state index is -4.32. The number of H-pyrrole nitrogens is 4. The van der Waals surface area contributed by atoms with Crippen LogP contribution >= 0.6 is 76.1 Å². The highest BCUT2D eigenvalue weighted by atomic mass is 32.2. The molecule has 0 aliphatic carbocycles. The summed E-state index contributed by atoms with van der Waals surface area (Å²) < 4.78 is 35.4. The molecular formula is C96H135BF2N16O10P4S4+4. The van der Waals surface area contributed by atoms with Crippen LogP contribution in [0, 0.1) is 5.92 Å². The maximum absolute atomic E-state index is 16.7. The number of nitrogens with zero attached hydrogens (tertiary/aromatic N) is 2. The molecule has 15 N–H and O–H groups in total. The van der Waals surface area contributed by atoms with Crippen molar-refractivity contribution in [2.45, 2.75) is 127 Å². The average Bonchev–Trinajstić information content (AvgIpc) is 1.57. The normalized spacial score (nSPS) is 15.7. The molecule has 10 atom stereocenters. The Kier molecular flexibility index (Phi) is 36.9. The maximum atomic E-state index is 16.7. The number of allylic oxidation sites excluding steroid dienone is 2. The second-order valence-electron chi connectivity index (χ2n) is 39.0. The lowest BCUT2D eigenvalue weighted by atomic mass is 9.89. The van der Waals surface area contributed by atoms with Crippen LogP contribution in [0.5, 0.6) is 0 Å². The van der Waals surface area contributed by atoms with E-state index >= 15 is 42.2 Å². The van der Waals surface area contributed by atoms with Gasteiger partial charge in [-0.1, -0.05) is 93.1 Å². The molecule has 0 radical (unpaired) electrons. The van der Waals surface area contributed by atoms with E-state index in [0.717, 1.165) is 88.4 Å². The predicted octanol–water partition coefficient (Wildman–Crippen LogP) is 11.8. The van der Waals surface area contributed by atoms with Gasteiger partial charge in [0.05, 0.1) is 24.6 Å². The molecule has 26 nitrogen and oxygen atoms in total. The van der Waals surface area contributed by atoms with Crippen LogP contribution in [-0.4, -0.2) is 306 Å². The van der Waals surface area contributed by atoms with Crippen molar-refractivity contribution in [3.05, 3.63) is 185 Å². The number of benzene rings is 4. The first-order chi connectivity index (χ1) is 62.9. The second kappa shape index (κ2) is 46.8. The predicted molar refractivity (Wildman–Crippen MR) is 560 cm³/mol. The Hall–Kier alpha value is -8.79. The Labute approximate surface area is 799 Å². The fourth-order valence-corrected chi connectivity index (χ4v) is 29.5. The van der Waals surface area contributed by atoms with Gasteiger partial charge in [-0.3, -0.25) is 47.9 Å². The first-order valence-corrected chi connectivity index (χ1v) is 63.3. The van der Waals surface area contributed by atoms with Crippen LogP contribution in [0.4, 0.5) is 8.63 Å². The van der Waals surface area contributed by atoms with E-state index in [1.807, 2.05) is 104 Å². The number of rotatable bonds is 51. The Balaban J connectivity index is 0.888. The van der Waals surface area contributed by atoms with E-state index in [-0.39, 0.29) is 67.2 Å². The molecular weight excluding hydrogens is 1840 g/mol. The average molecular weight is 1970 g/mol. The standard InChI is InChI=1S/C96H131BF2N16O10P4S4/c1-17-60(2)87(96(125)112-84(59-133-45-41-129(14,15)16)93(122)106-77(88(100)117)47-63-52-101-73-30-22-18-26-69(63)73)113-91(120)80(50-66-55-104-76-33-25-21-29-72(66)76)109-94(123)82(57-131-43-39-127(8,9)10)110-90(119)79(49-65-54-103-75-32-24-20-28-71(65)75)107-89(118)78(48-64-53-102-74-31-23-19-27-70(64)74)108-95(124)83(58-132-44-40-128(11,12)13)111-92(121)81(56-130-42-38-126(5,6)7)105-86(116)37-36-67-34-35-68-51-85-61(3)46-62(4)114(85)97(98,99)115(67)68/h18-35,46,51-55,60,77-84,87,101-104H,17,36-45,47-50,56-59H2,1-16H3,(H7-4,100,105,106,107,108,109,110,111,112,113,116,117,118,119,120,121,122,123,124,125)/p+4/t60-,77-,78-,79-,80-,81-,82-,83-,84-,87-/m0/s1. The van der Waals surface area contributed by atoms with Gasteiger partial charge in [-0.2, -0.15) is 47.0 Å². The monoisotopic (exact) mass is 1970 g/mol. The largest absolute Gasteiger partial charge is 0.737 e. The Morgan fingerprint density at radius 2 is 0.722 bits per heavy atom. The summed E-state index contributed by atoms with van der Waals surface area (Å²) in [6.45, 7) is 29.3. The summed E-state index contributed by atoms with van der Waals surface area (Å²) in [4.78, 5) is 166. The van der Waals surface area contributed by atoms with Crippen LogP contribution in [0.3, 0.4) is 0 Å². The molecule has 0 saturated heterocycles. The van der Waals surface area contributed by atoms with E-state index in [9.17, 15) is 14.4 Å². The van der Waals surface area contributed by atoms with Crippen molar-refractivity contribution in [1.82, 2.24) is 72.3 Å². The molecule has 0 fully saturated rings. The number of carbonyl (C=O) groups is 10. The van der Waals surface area contributed by atoms with Gasteiger partial charge in [-0.05, 0) is 83.6 Å². The number of nitrogens with one attached hydrogen (secondary N) is 13. The number of aromatic amines is 4. The first-order valence-electron chi connectivity index (χ1n) is 45.4. The summed E-state index contributed by atoms with van der Waals surface area (Å²) in [5, 5.41) is 30.1. The fraction of sp³-hybridized carbons (Fsp3) is 0.469. The number of primary amides is 1. The number of fused-ring (bicyclic) bond motifs is 6. The number of thioether (sulfide) groups is 4. The molecule has 4 aromatic carbocycles. The molecule has 2 aliphatic heterocycles. The number of para-hydroxylation sites is 4. The molecule has 5 aromatic heterocycles. The number of aromatic nitrogens is 5. The van der Waals surface area contributed by atoms with Gasteiger partial charge in [-0.15, -0.1) is 0 Å². The molecule has 0 saturated carbocycles. The van der Waals surface area contributed by atoms with Crippen molar-refractivity contribution in [3.8, 4) is 0 Å². The molecule has 10 amide bonds. The molecule has 0 spiro atoms. The van der Waals surface area contributed by atoms with Crippen molar-refractivity contribution in [1.29, 1.82) is 0 Å². The lowest BCUT2D eigenvalue weighted by Gasteiger charge is -2.31. The van der Waals surface area contributed by atoms with E-state index in [0.29, 0.717) is 63.2 Å². The van der Waals surface area contributed by atoms with Gasteiger partial charge in [0.2, 0.25) is 59.1 Å². The number of hydrogen-bond acceptors (Lipinski definition) is 14. The van der Waals surface area contributed by atoms with Crippen molar-refractivity contribution >= 4 is 198 Å². The molecule has 0 unspecified atom stereocenters. The lowest BCUT2D eigenvalue weighted by Crippen LogP contribution is -2.62. The van der Waals surface area contributed by atoms with Gasteiger partial charge < -0.3 is 91.1 Å². The molecule has 37 heteroatoms. The van der Waals surface area contributed by atoms with Crippen LogP contribution in [0.1, 0.15) is 74.2 Å². The minimum absolute atomic E-state index is 0.00272. The van der Waals surface area contributed by atoms with E-state index in [4.69, 9.17) is 5.73 Å². The summed E-state index contributed by atoms with van der Waals surface area (Å²) in [7, 11) is -5.28. The quantitative estimate of drug-likeness (QED) is 0.00958. The number of carbonyl (C=O) groups excluding carboxylic acids is 10. The van der Waals surface area contributed by atoms with Gasteiger partial charge >= 0.3 is 6.97 Å². The van der Waals surface area contributed by atoms with Crippen LogP contribution < -0.4 is 53.6 Å². The van der Waals surface area contributed by atoms with E-state index < -0.39 is 155 Å².